The lowest BCUT2D eigenvalue weighted by Gasteiger charge is -2.20. The Morgan fingerprint density at radius 2 is 1.95 bits per heavy atom. The molecule has 3 rings (SSSR count). The minimum atomic E-state index is 0.224. The topological polar surface area (TPSA) is 34.8 Å². The molecule has 2 heterocycles. The number of nitrogens with zero attached hydrogens (tertiary/aromatic N) is 1. The first-order valence-corrected chi connectivity index (χ1v) is 7.19. The SMILES string of the molecule is COc1cc2c(cc1OC)C(c1ccco1)CN(C)CC2. The van der Waals surface area contributed by atoms with Gasteiger partial charge in [-0.25, -0.2) is 0 Å². The highest BCUT2D eigenvalue weighted by Crippen LogP contribution is 2.38. The van der Waals surface area contributed by atoms with Gasteiger partial charge in [0, 0.05) is 13.1 Å². The summed E-state index contributed by atoms with van der Waals surface area (Å²) in [4.78, 5) is 2.34. The Morgan fingerprint density at radius 3 is 2.62 bits per heavy atom. The zero-order valence-electron chi connectivity index (χ0n) is 12.8. The lowest BCUT2D eigenvalue weighted by molar-refractivity contribution is 0.322. The van der Waals surface area contributed by atoms with Gasteiger partial charge in [-0.15, -0.1) is 0 Å². The number of benzene rings is 1. The van der Waals surface area contributed by atoms with Gasteiger partial charge in [0.1, 0.15) is 5.76 Å². The van der Waals surface area contributed by atoms with Gasteiger partial charge in [-0.2, -0.15) is 0 Å². The summed E-state index contributed by atoms with van der Waals surface area (Å²) >= 11 is 0. The molecule has 0 amide bonds. The molecule has 0 radical (unpaired) electrons. The summed E-state index contributed by atoms with van der Waals surface area (Å²) in [6, 6.07) is 8.19. The second-order valence-corrected chi connectivity index (χ2v) is 5.49. The molecule has 0 aliphatic carbocycles. The molecule has 1 aliphatic rings. The van der Waals surface area contributed by atoms with Gasteiger partial charge in [-0.3, -0.25) is 0 Å². The summed E-state index contributed by atoms with van der Waals surface area (Å²) in [6.45, 7) is 1.97. The van der Waals surface area contributed by atoms with Crippen molar-refractivity contribution in [2.75, 3.05) is 34.4 Å². The van der Waals surface area contributed by atoms with Crippen LogP contribution in [0, 0.1) is 0 Å². The molecule has 0 fully saturated rings. The number of furan rings is 1. The van der Waals surface area contributed by atoms with Gasteiger partial charge >= 0.3 is 0 Å². The van der Waals surface area contributed by atoms with E-state index < -0.39 is 0 Å². The maximum absolute atomic E-state index is 5.67. The molecule has 0 bridgehead atoms. The van der Waals surface area contributed by atoms with E-state index in [1.165, 1.54) is 11.1 Å². The van der Waals surface area contributed by atoms with E-state index in [0.29, 0.717) is 0 Å². The van der Waals surface area contributed by atoms with E-state index >= 15 is 0 Å². The first kappa shape index (κ1) is 14.0. The molecule has 1 unspecified atom stereocenters. The Hall–Kier alpha value is -1.94. The Balaban J connectivity index is 2.11. The molecule has 1 aliphatic heterocycles. The van der Waals surface area contributed by atoms with Crippen LogP contribution in [0.1, 0.15) is 22.8 Å². The van der Waals surface area contributed by atoms with E-state index in [1.807, 2.05) is 12.1 Å². The minimum absolute atomic E-state index is 0.224. The van der Waals surface area contributed by atoms with Gasteiger partial charge in [0.05, 0.1) is 26.4 Å². The van der Waals surface area contributed by atoms with Crippen LogP contribution in [0.4, 0.5) is 0 Å². The summed E-state index contributed by atoms with van der Waals surface area (Å²) in [5, 5.41) is 0. The summed E-state index contributed by atoms with van der Waals surface area (Å²) in [5.41, 5.74) is 2.57. The number of hydrogen-bond donors (Lipinski definition) is 0. The van der Waals surface area contributed by atoms with E-state index in [1.54, 1.807) is 20.5 Å². The van der Waals surface area contributed by atoms with E-state index in [-0.39, 0.29) is 5.92 Å². The van der Waals surface area contributed by atoms with Crippen LogP contribution < -0.4 is 9.47 Å². The molecule has 1 aromatic heterocycles. The number of likely N-dealkylation sites (N-methyl/N-ethyl adjacent to an activating group) is 1. The molecular formula is C17H21NO3. The number of ether oxygens (including phenoxy) is 2. The molecule has 0 saturated heterocycles. The van der Waals surface area contributed by atoms with Crippen LogP contribution in [0.25, 0.3) is 0 Å². The second-order valence-electron chi connectivity index (χ2n) is 5.49. The normalized spacial score (nSPS) is 18.9. The summed E-state index contributed by atoms with van der Waals surface area (Å²) < 4.78 is 16.6. The number of rotatable bonds is 3. The van der Waals surface area contributed by atoms with Crippen molar-refractivity contribution in [2.24, 2.45) is 0 Å². The van der Waals surface area contributed by atoms with Crippen LogP contribution in [-0.4, -0.2) is 39.3 Å². The Kier molecular flexibility index (Phi) is 3.88. The number of methoxy groups -OCH3 is 2. The lowest BCUT2D eigenvalue weighted by atomic mass is 9.91. The third kappa shape index (κ3) is 2.63. The molecule has 1 atom stereocenters. The van der Waals surface area contributed by atoms with Crippen molar-refractivity contribution in [3.63, 3.8) is 0 Å². The lowest BCUT2D eigenvalue weighted by Crippen LogP contribution is -2.24. The predicted molar refractivity (Wildman–Crippen MR) is 81.3 cm³/mol. The third-order valence-electron chi connectivity index (χ3n) is 4.16. The van der Waals surface area contributed by atoms with E-state index in [4.69, 9.17) is 13.9 Å². The molecule has 112 valence electrons. The minimum Gasteiger partial charge on any atom is -0.493 e. The highest BCUT2D eigenvalue weighted by molar-refractivity contribution is 5.50. The Labute approximate surface area is 125 Å². The van der Waals surface area contributed by atoms with Crippen molar-refractivity contribution in [3.8, 4) is 11.5 Å². The number of fused-ring (bicyclic) bond motifs is 1. The zero-order valence-corrected chi connectivity index (χ0v) is 12.8. The van der Waals surface area contributed by atoms with Crippen molar-refractivity contribution < 1.29 is 13.9 Å². The highest BCUT2D eigenvalue weighted by Gasteiger charge is 2.26. The van der Waals surface area contributed by atoms with Gasteiger partial charge < -0.3 is 18.8 Å². The summed E-state index contributed by atoms with van der Waals surface area (Å²) in [7, 11) is 5.50. The largest absolute Gasteiger partial charge is 0.493 e. The standard InChI is InChI=1S/C17H21NO3/c1-18-7-6-12-9-16(19-2)17(20-3)10-13(12)14(11-18)15-5-4-8-21-15/h4-5,8-10,14H,6-7,11H2,1-3H3. The second kappa shape index (κ2) is 5.82. The van der Waals surface area contributed by atoms with Crippen LogP contribution in [0.3, 0.4) is 0 Å². The maximum atomic E-state index is 5.67. The first-order valence-electron chi connectivity index (χ1n) is 7.19. The molecule has 2 aromatic rings. The molecule has 0 N–H and O–H groups in total. The van der Waals surface area contributed by atoms with Crippen LogP contribution in [0.5, 0.6) is 11.5 Å². The van der Waals surface area contributed by atoms with E-state index in [2.05, 4.69) is 24.1 Å². The monoisotopic (exact) mass is 287 g/mol. The molecule has 4 nitrogen and oxygen atoms in total. The van der Waals surface area contributed by atoms with Gasteiger partial charge in [-0.1, -0.05) is 0 Å². The highest BCUT2D eigenvalue weighted by atomic mass is 16.5. The Morgan fingerprint density at radius 1 is 1.19 bits per heavy atom. The molecular weight excluding hydrogens is 266 g/mol. The van der Waals surface area contributed by atoms with E-state index in [0.717, 1.165) is 36.8 Å². The fourth-order valence-corrected chi connectivity index (χ4v) is 3.02. The molecule has 0 saturated carbocycles. The molecule has 0 spiro atoms. The quantitative estimate of drug-likeness (QED) is 0.869. The summed E-state index contributed by atoms with van der Waals surface area (Å²) in [6.07, 6.45) is 2.74. The molecule has 4 heteroatoms. The van der Waals surface area contributed by atoms with Crippen LogP contribution in [0.2, 0.25) is 0 Å². The number of hydrogen-bond acceptors (Lipinski definition) is 4. The zero-order chi connectivity index (χ0) is 14.8. The van der Waals surface area contributed by atoms with Crippen molar-refractivity contribution in [2.45, 2.75) is 12.3 Å². The van der Waals surface area contributed by atoms with Crippen LogP contribution in [0.15, 0.2) is 34.9 Å². The Bertz CT molecular complexity index is 607. The summed E-state index contributed by atoms with van der Waals surface area (Å²) in [5.74, 6) is 2.79. The smallest absolute Gasteiger partial charge is 0.161 e. The fraction of sp³-hybridized carbons (Fsp3) is 0.412. The molecule has 21 heavy (non-hydrogen) atoms. The van der Waals surface area contributed by atoms with Crippen LogP contribution >= 0.6 is 0 Å². The van der Waals surface area contributed by atoms with Crippen LogP contribution in [-0.2, 0) is 6.42 Å². The van der Waals surface area contributed by atoms with Gasteiger partial charge in [-0.05, 0) is 48.9 Å². The van der Waals surface area contributed by atoms with Gasteiger partial charge in [0.15, 0.2) is 11.5 Å². The van der Waals surface area contributed by atoms with Crippen molar-refractivity contribution in [1.29, 1.82) is 0 Å². The predicted octanol–water partition coefficient (Wildman–Crippen LogP) is 2.92. The first-order chi connectivity index (χ1) is 10.2. The fourth-order valence-electron chi connectivity index (χ4n) is 3.02. The average molecular weight is 287 g/mol. The third-order valence-corrected chi connectivity index (χ3v) is 4.16. The van der Waals surface area contributed by atoms with Crippen molar-refractivity contribution >= 4 is 0 Å². The van der Waals surface area contributed by atoms with Gasteiger partial charge in [0.2, 0.25) is 0 Å². The van der Waals surface area contributed by atoms with Crippen molar-refractivity contribution in [3.05, 3.63) is 47.4 Å². The van der Waals surface area contributed by atoms with Gasteiger partial charge in [0.25, 0.3) is 0 Å². The van der Waals surface area contributed by atoms with E-state index in [9.17, 15) is 0 Å². The average Bonchev–Trinajstić information content (AvgIpc) is 2.98. The molecule has 1 aromatic carbocycles. The van der Waals surface area contributed by atoms with Crippen molar-refractivity contribution in [1.82, 2.24) is 4.90 Å². The maximum Gasteiger partial charge on any atom is 0.161 e.